The summed E-state index contributed by atoms with van der Waals surface area (Å²) in [4.78, 5) is 0. The number of hydrogen-bond donors (Lipinski definition) is 0. The van der Waals surface area contributed by atoms with Crippen LogP contribution < -0.4 is 0 Å². The largest absolute Gasteiger partial charge is 0.373 e. The summed E-state index contributed by atoms with van der Waals surface area (Å²) in [5.74, 6) is 0. The van der Waals surface area contributed by atoms with Gasteiger partial charge in [0.15, 0.2) is 0 Å². The topological polar surface area (TPSA) is 50.1 Å². The molecule has 5 rings (SSSR count). The van der Waals surface area contributed by atoms with E-state index in [4.69, 9.17) is 18.9 Å². The number of epoxide rings is 4. The Labute approximate surface area is 132 Å². The molecule has 4 heterocycles. The second-order valence-electron chi connectivity index (χ2n) is 8.41. The summed E-state index contributed by atoms with van der Waals surface area (Å²) in [6.07, 6.45) is 12.5. The molecule has 0 radical (unpaired) electrons. The maximum Gasteiger partial charge on any atom is 0.0815 e. The lowest BCUT2D eigenvalue weighted by atomic mass is 9.49. The smallest absolute Gasteiger partial charge is 0.0815 e. The molecule has 1 saturated carbocycles. The fraction of sp³-hybridized carbons (Fsp3) is 1.00. The Bertz CT molecular complexity index is 353. The van der Waals surface area contributed by atoms with Crippen molar-refractivity contribution in [1.29, 1.82) is 0 Å². The zero-order chi connectivity index (χ0) is 14.6. The van der Waals surface area contributed by atoms with Crippen LogP contribution >= 0.6 is 0 Å². The highest BCUT2D eigenvalue weighted by Crippen LogP contribution is 2.63. The Morgan fingerprint density at radius 1 is 0.545 bits per heavy atom. The van der Waals surface area contributed by atoms with Crippen molar-refractivity contribution < 1.29 is 18.9 Å². The van der Waals surface area contributed by atoms with Crippen molar-refractivity contribution >= 4 is 0 Å². The van der Waals surface area contributed by atoms with Crippen LogP contribution in [0.3, 0.4) is 0 Å². The Morgan fingerprint density at radius 3 is 1.05 bits per heavy atom. The van der Waals surface area contributed by atoms with Crippen LogP contribution in [0.4, 0.5) is 0 Å². The van der Waals surface area contributed by atoms with Gasteiger partial charge in [0.05, 0.1) is 50.8 Å². The average molecular weight is 308 g/mol. The fourth-order valence-corrected chi connectivity index (χ4v) is 5.38. The van der Waals surface area contributed by atoms with Gasteiger partial charge in [-0.15, -0.1) is 0 Å². The van der Waals surface area contributed by atoms with Crippen LogP contribution in [0.1, 0.15) is 51.4 Å². The monoisotopic (exact) mass is 308 g/mol. The Morgan fingerprint density at radius 2 is 0.818 bits per heavy atom. The zero-order valence-electron chi connectivity index (χ0n) is 13.4. The first kappa shape index (κ1) is 14.2. The lowest BCUT2D eigenvalue weighted by Gasteiger charge is -2.55. The van der Waals surface area contributed by atoms with Gasteiger partial charge in [-0.3, -0.25) is 0 Å². The molecular weight excluding hydrogens is 280 g/mol. The van der Waals surface area contributed by atoms with Gasteiger partial charge in [-0.1, -0.05) is 12.8 Å². The van der Waals surface area contributed by atoms with Crippen molar-refractivity contribution in [3.05, 3.63) is 0 Å². The number of ether oxygens (including phenoxy) is 4. The predicted octanol–water partition coefficient (Wildman–Crippen LogP) is 2.69. The molecule has 5 fully saturated rings. The third kappa shape index (κ3) is 2.83. The highest BCUT2D eigenvalue weighted by molar-refractivity contribution is 5.08. The SMILES string of the molecule is C1CCC(CC2CO2)(CC2CO2)C(CC2CO2)(CC2CO2)C1. The third-order valence-electron chi connectivity index (χ3n) is 6.77. The van der Waals surface area contributed by atoms with E-state index in [-0.39, 0.29) is 0 Å². The van der Waals surface area contributed by atoms with E-state index in [9.17, 15) is 0 Å². The Balaban J connectivity index is 1.46. The first-order valence-corrected chi connectivity index (χ1v) is 9.23. The van der Waals surface area contributed by atoms with Gasteiger partial charge in [-0.25, -0.2) is 0 Å². The summed E-state index contributed by atoms with van der Waals surface area (Å²) in [6, 6.07) is 0. The summed E-state index contributed by atoms with van der Waals surface area (Å²) >= 11 is 0. The van der Waals surface area contributed by atoms with Gasteiger partial charge in [-0.05, 0) is 49.4 Å². The van der Waals surface area contributed by atoms with Gasteiger partial charge in [0.2, 0.25) is 0 Å². The van der Waals surface area contributed by atoms with E-state index in [2.05, 4.69) is 0 Å². The molecule has 0 aromatic heterocycles. The number of rotatable bonds is 8. The van der Waals surface area contributed by atoms with Gasteiger partial charge >= 0.3 is 0 Å². The van der Waals surface area contributed by atoms with Gasteiger partial charge in [-0.2, -0.15) is 0 Å². The van der Waals surface area contributed by atoms with E-state index in [1.807, 2.05) is 0 Å². The summed E-state index contributed by atoms with van der Waals surface area (Å²) < 4.78 is 22.7. The molecule has 0 N–H and O–H groups in total. The van der Waals surface area contributed by atoms with Gasteiger partial charge in [0, 0.05) is 0 Å². The Kier molecular flexibility index (Phi) is 3.34. The first-order chi connectivity index (χ1) is 10.8. The van der Waals surface area contributed by atoms with E-state index in [0.29, 0.717) is 35.2 Å². The van der Waals surface area contributed by atoms with Crippen LogP contribution in [0.2, 0.25) is 0 Å². The highest BCUT2D eigenvalue weighted by Gasteiger charge is 2.59. The molecule has 4 nitrogen and oxygen atoms in total. The van der Waals surface area contributed by atoms with Gasteiger partial charge in [0.25, 0.3) is 0 Å². The molecule has 0 bridgehead atoms. The van der Waals surface area contributed by atoms with E-state index in [1.54, 1.807) is 0 Å². The normalized spacial score (nSPS) is 52.4. The lowest BCUT2D eigenvalue weighted by Crippen LogP contribution is -2.48. The van der Waals surface area contributed by atoms with Gasteiger partial charge in [0.1, 0.15) is 0 Å². The van der Waals surface area contributed by atoms with Crippen LogP contribution in [0.25, 0.3) is 0 Å². The zero-order valence-corrected chi connectivity index (χ0v) is 13.4. The molecule has 5 aliphatic rings. The second kappa shape index (κ2) is 5.17. The average Bonchev–Trinajstić information content (AvgIpc) is 3.32. The van der Waals surface area contributed by atoms with Crippen molar-refractivity contribution in [1.82, 2.24) is 0 Å². The molecule has 0 aromatic carbocycles. The summed E-state index contributed by atoms with van der Waals surface area (Å²) in [5.41, 5.74) is 0.789. The van der Waals surface area contributed by atoms with E-state index < -0.39 is 0 Å². The van der Waals surface area contributed by atoms with Crippen molar-refractivity contribution in [2.75, 3.05) is 26.4 Å². The summed E-state index contributed by atoms with van der Waals surface area (Å²) in [6.45, 7) is 3.90. The molecule has 4 atom stereocenters. The molecule has 124 valence electrons. The summed E-state index contributed by atoms with van der Waals surface area (Å²) in [7, 11) is 0. The number of hydrogen-bond acceptors (Lipinski definition) is 4. The minimum absolute atomic E-state index is 0.394. The quantitative estimate of drug-likeness (QED) is 0.647. The second-order valence-corrected chi connectivity index (χ2v) is 8.41. The predicted molar refractivity (Wildman–Crippen MR) is 80.8 cm³/mol. The standard InChI is InChI=1S/C18H28O4/c1-2-4-18(7-15-11-21-15,8-16-12-22-16)17(3-1,5-13-9-19-13)6-14-10-20-14/h13-16H,1-12H2. The van der Waals surface area contributed by atoms with E-state index in [1.165, 1.54) is 51.4 Å². The van der Waals surface area contributed by atoms with Crippen molar-refractivity contribution in [3.63, 3.8) is 0 Å². The molecule has 4 unspecified atom stereocenters. The van der Waals surface area contributed by atoms with Crippen molar-refractivity contribution in [2.24, 2.45) is 10.8 Å². The van der Waals surface area contributed by atoms with Crippen LogP contribution in [0.5, 0.6) is 0 Å². The molecule has 4 aliphatic heterocycles. The fourth-order valence-electron chi connectivity index (χ4n) is 5.38. The van der Waals surface area contributed by atoms with Crippen molar-refractivity contribution in [3.8, 4) is 0 Å². The van der Waals surface area contributed by atoms with Crippen LogP contribution in [0.15, 0.2) is 0 Å². The maximum atomic E-state index is 5.67. The molecule has 0 spiro atoms. The molecular formula is C18H28O4. The maximum absolute atomic E-state index is 5.67. The highest BCUT2D eigenvalue weighted by atomic mass is 16.6. The molecule has 0 aromatic rings. The minimum Gasteiger partial charge on any atom is -0.373 e. The minimum atomic E-state index is 0.394. The van der Waals surface area contributed by atoms with Crippen LogP contribution in [-0.2, 0) is 18.9 Å². The molecule has 1 aliphatic carbocycles. The molecule has 22 heavy (non-hydrogen) atoms. The molecule has 4 heteroatoms. The van der Waals surface area contributed by atoms with Crippen molar-refractivity contribution in [2.45, 2.75) is 75.8 Å². The van der Waals surface area contributed by atoms with E-state index in [0.717, 1.165) is 26.4 Å². The molecule has 4 saturated heterocycles. The molecule has 0 amide bonds. The van der Waals surface area contributed by atoms with E-state index >= 15 is 0 Å². The van der Waals surface area contributed by atoms with Gasteiger partial charge < -0.3 is 18.9 Å². The Hall–Kier alpha value is -0.160. The lowest BCUT2D eigenvalue weighted by molar-refractivity contribution is -0.0622. The van der Waals surface area contributed by atoms with Crippen LogP contribution in [-0.4, -0.2) is 50.8 Å². The third-order valence-corrected chi connectivity index (χ3v) is 6.77. The first-order valence-electron chi connectivity index (χ1n) is 9.23. The van der Waals surface area contributed by atoms with Crippen LogP contribution in [0, 0.1) is 10.8 Å². The summed E-state index contributed by atoms with van der Waals surface area (Å²) in [5, 5.41) is 0.